The van der Waals surface area contributed by atoms with E-state index < -0.39 is 29.9 Å². The first-order valence-corrected chi connectivity index (χ1v) is 10.9. The minimum absolute atomic E-state index is 0.144. The van der Waals surface area contributed by atoms with Crippen LogP contribution in [0.2, 0.25) is 0 Å². The fourth-order valence-electron chi connectivity index (χ4n) is 3.27. The van der Waals surface area contributed by atoms with Gasteiger partial charge in [0.25, 0.3) is 0 Å². The fourth-order valence-corrected chi connectivity index (χ4v) is 3.27. The standard InChI is InChI=1S/C28H19F5O4/c29-26(27(30,31)32)28(33,36-23-9-5-2-6-10-23)37-24-17-13-20(14-18-24)25(34)19-11-15-22(16-12-19)35-21-7-3-1-4-8-21/h1-18,26H. The molecule has 0 aliphatic rings. The number of para-hydroxylation sites is 2. The zero-order valence-corrected chi connectivity index (χ0v) is 19.0. The SMILES string of the molecule is O=C(c1ccc(Oc2ccccc2)cc1)c1ccc(OC(F)(Oc2ccccc2)C(F)C(F)(F)F)cc1. The van der Waals surface area contributed by atoms with Gasteiger partial charge in [-0.15, -0.1) is 0 Å². The van der Waals surface area contributed by atoms with Crippen LogP contribution >= 0.6 is 0 Å². The second-order valence-corrected chi connectivity index (χ2v) is 7.80. The van der Waals surface area contributed by atoms with Crippen molar-refractivity contribution in [2.45, 2.75) is 18.4 Å². The number of hydrogen-bond donors (Lipinski definition) is 0. The molecule has 0 aliphatic heterocycles. The predicted octanol–water partition coefficient (Wildman–Crippen LogP) is 7.69. The van der Waals surface area contributed by atoms with Crippen molar-refractivity contribution in [3.05, 3.63) is 120 Å². The molecule has 0 bridgehead atoms. The van der Waals surface area contributed by atoms with E-state index in [9.17, 15) is 22.4 Å². The van der Waals surface area contributed by atoms with Crippen molar-refractivity contribution < 1.29 is 41.0 Å². The maximum absolute atomic E-state index is 15.2. The zero-order valence-electron chi connectivity index (χ0n) is 19.0. The Hall–Kier alpha value is -4.40. The number of ether oxygens (including phenoxy) is 3. The van der Waals surface area contributed by atoms with Crippen molar-refractivity contribution in [2.75, 3.05) is 0 Å². The lowest BCUT2D eigenvalue weighted by Crippen LogP contribution is -2.53. The van der Waals surface area contributed by atoms with E-state index in [0.717, 1.165) is 24.3 Å². The van der Waals surface area contributed by atoms with Crippen LogP contribution in [0.15, 0.2) is 109 Å². The van der Waals surface area contributed by atoms with Gasteiger partial charge in [-0.3, -0.25) is 4.79 Å². The molecule has 2 atom stereocenters. The molecule has 4 nitrogen and oxygen atoms in total. The summed E-state index contributed by atoms with van der Waals surface area (Å²) in [7, 11) is 0. The van der Waals surface area contributed by atoms with Crippen LogP contribution in [0.1, 0.15) is 15.9 Å². The highest BCUT2D eigenvalue weighted by molar-refractivity contribution is 6.09. The number of ketones is 1. The Kier molecular flexibility index (Phi) is 7.42. The fraction of sp³-hybridized carbons (Fsp3) is 0.107. The number of benzene rings is 4. The average molecular weight is 514 g/mol. The first-order valence-electron chi connectivity index (χ1n) is 10.9. The molecule has 0 aromatic heterocycles. The molecule has 4 aromatic carbocycles. The summed E-state index contributed by atoms with van der Waals surface area (Å²) in [4.78, 5) is 12.8. The van der Waals surface area contributed by atoms with E-state index in [0.29, 0.717) is 17.1 Å². The largest absolute Gasteiger partial charge is 0.457 e. The van der Waals surface area contributed by atoms with Crippen molar-refractivity contribution >= 4 is 5.78 Å². The van der Waals surface area contributed by atoms with Crippen LogP contribution in [0.4, 0.5) is 22.0 Å². The second-order valence-electron chi connectivity index (χ2n) is 7.80. The first-order chi connectivity index (χ1) is 17.6. The van der Waals surface area contributed by atoms with Crippen LogP contribution < -0.4 is 14.2 Å². The van der Waals surface area contributed by atoms with E-state index >= 15 is 4.39 Å². The monoisotopic (exact) mass is 514 g/mol. The Morgan fingerprint density at radius 1 is 0.568 bits per heavy atom. The molecule has 0 heterocycles. The number of rotatable bonds is 9. The number of halogens is 5. The normalized spacial score (nSPS) is 13.8. The molecule has 4 aromatic rings. The molecular formula is C28H19F5O4. The van der Waals surface area contributed by atoms with Gasteiger partial charge in [0.2, 0.25) is 0 Å². The van der Waals surface area contributed by atoms with E-state index in [1.807, 2.05) is 18.2 Å². The van der Waals surface area contributed by atoms with E-state index in [1.165, 1.54) is 30.3 Å². The number of hydrogen-bond acceptors (Lipinski definition) is 4. The highest BCUT2D eigenvalue weighted by atomic mass is 19.4. The Morgan fingerprint density at radius 2 is 0.946 bits per heavy atom. The molecule has 0 amide bonds. The van der Waals surface area contributed by atoms with Crippen LogP contribution in [0.5, 0.6) is 23.0 Å². The minimum Gasteiger partial charge on any atom is -0.457 e. The second kappa shape index (κ2) is 10.7. The lowest BCUT2D eigenvalue weighted by Gasteiger charge is -2.30. The number of carbonyl (C=O) groups excluding carboxylic acids is 1. The van der Waals surface area contributed by atoms with Crippen LogP contribution in [0.3, 0.4) is 0 Å². The summed E-state index contributed by atoms with van der Waals surface area (Å²) in [5.74, 6) is -0.131. The van der Waals surface area contributed by atoms with E-state index in [2.05, 4.69) is 4.74 Å². The lowest BCUT2D eigenvalue weighted by atomic mass is 10.0. The summed E-state index contributed by atoms with van der Waals surface area (Å²) < 4.78 is 83.4. The molecule has 9 heteroatoms. The van der Waals surface area contributed by atoms with Gasteiger partial charge in [-0.25, -0.2) is 4.39 Å². The van der Waals surface area contributed by atoms with E-state index in [-0.39, 0.29) is 11.3 Å². The summed E-state index contributed by atoms with van der Waals surface area (Å²) in [5.41, 5.74) is 0.451. The zero-order chi connectivity index (χ0) is 26.5. The van der Waals surface area contributed by atoms with Gasteiger partial charge in [0.05, 0.1) is 0 Å². The third-order valence-corrected chi connectivity index (χ3v) is 5.06. The van der Waals surface area contributed by atoms with Gasteiger partial charge in [0, 0.05) is 11.1 Å². The molecule has 2 unspecified atom stereocenters. The molecule has 0 saturated carbocycles. The molecule has 0 spiro atoms. The van der Waals surface area contributed by atoms with Crippen LogP contribution in [-0.4, -0.2) is 24.2 Å². The molecule has 4 rings (SSSR count). The molecular weight excluding hydrogens is 495 g/mol. The van der Waals surface area contributed by atoms with Gasteiger partial charge >= 0.3 is 18.4 Å². The van der Waals surface area contributed by atoms with Crippen molar-refractivity contribution in [2.24, 2.45) is 0 Å². The van der Waals surface area contributed by atoms with Crippen molar-refractivity contribution in [3.8, 4) is 23.0 Å². The molecule has 0 aliphatic carbocycles. The summed E-state index contributed by atoms with van der Waals surface area (Å²) >= 11 is 0. The number of alkyl halides is 5. The van der Waals surface area contributed by atoms with Gasteiger partial charge in [-0.1, -0.05) is 36.4 Å². The molecule has 0 saturated heterocycles. The molecule has 0 radical (unpaired) electrons. The predicted molar refractivity (Wildman–Crippen MR) is 125 cm³/mol. The van der Waals surface area contributed by atoms with Gasteiger partial charge < -0.3 is 14.2 Å². The quantitative estimate of drug-likeness (QED) is 0.131. The Morgan fingerprint density at radius 3 is 1.41 bits per heavy atom. The summed E-state index contributed by atoms with van der Waals surface area (Å²) in [6.45, 7) is 0. The molecule has 0 N–H and O–H groups in total. The minimum atomic E-state index is -5.60. The Balaban J connectivity index is 1.48. The lowest BCUT2D eigenvalue weighted by molar-refractivity contribution is -0.325. The van der Waals surface area contributed by atoms with E-state index in [4.69, 9.17) is 9.47 Å². The average Bonchev–Trinajstić information content (AvgIpc) is 2.89. The highest BCUT2D eigenvalue weighted by Crippen LogP contribution is 2.37. The van der Waals surface area contributed by atoms with Crippen molar-refractivity contribution in [1.82, 2.24) is 0 Å². The Labute approximate surface area is 208 Å². The van der Waals surface area contributed by atoms with Gasteiger partial charge in [0.15, 0.2) is 5.78 Å². The Bertz CT molecular complexity index is 1310. The smallest absolute Gasteiger partial charge is 0.449 e. The topological polar surface area (TPSA) is 44.8 Å². The van der Waals surface area contributed by atoms with Crippen LogP contribution in [0, 0.1) is 0 Å². The van der Waals surface area contributed by atoms with Crippen LogP contribution in [-0.2, 0) is 0 Å². The van der Waals surface area contributed by atoms with Gasteiger partial charge in [-0.05, 0) is 72.8 Å². The van der Waals surface area contributed by atoms with Crippen molar-refractivity contribution in [3.63, 3.8) is 0 Å². The first kappa shape index (κ1) is 25.7. The maximum atomic E-state index is 15.2. The van der Waals surface area contributed by atoms with Crippen LogP contribution in [0.25, 0.3) is 0 Å². The summed E-state index contributed by atoms with van der Waals surface area (Å²) in [5, 5.41) is 0. The molecule has 190 valence electrons. The maximum Gasteiger partial charge on any atom is 0.449 e. The summed E-state index contributed by atoms with van der Waals surface area (Å²) in [6, 6.07) is 22.2. The third kappa shape index (κ3) is 6.43. The highest BCUT2D eigenvalue weighted by Gasteiger charge is 2.61. The third-order valence-electron chi connectivity index (χ3n) is 5.06. The van der Waals surface area contributed by atoms with Gasteiger partial charge in [0.1, 0.15) is 23.0 Å². The molecule has 0 fully saturated rings. The number of carbonyl (C=O) groups is 1. The van der Waals surface area contributed by atoms with E-state index in [1.54, 1.807) is 36.4 Å². The van der Waals surface area contributed by atoms with Crippen molar-refractivity contribution in [1.29, 1.82) is 0 Å². The molecule has 37 heavy (non-hydrogen) atoms. The van der Waals surface area contributed by atoms with Gasteiger partial charge in [-0.2, -0.15) is 17.6 Å². The summed E-state index contributed by atoms with van der Waals surface area (Å²) in [6.07, 6.45) is -9.71.